The van der Waals surface area contributed by atoms with Crippen molar-refractivity contribution in [2.24, 2.45) is 0 Å². The molecule has 1 heteroatoms. The summed E-state index contributed by atoms with van der Waals surface area (Å²) in [6, 6.07) is 58.9. The quantitative estimate of drug-likeness (QED) is 0.116. The molecule has 0 aliphatic heterocycles. The Morgan fingerprint density at radius 3 is 2.09 bits per heavy atom. The van der Waals surface area contributed by atoms with E-state index in [2.05, 4.69) is 196 Å². The first-order chi connectivity index (χ1) is 28.1. The number of aryl methyl sites for hydroxylation is 1. The molecule has 0 saturated carbocycles. The molecule has 0 radical (unpaired) electrons. The third-order valence-corrected chi connectivity index (χ3v) is 12.6. The van der Waals surface area contributed by atoms with Gasteiger partial charge in [0.2, 0.25) is 0 Å². The van der Waals surface area contributed by atoms with Gasteiger partial charge in [-0.15, -0.1) is 0 Å². The lowest BCUT2D eigenvalue weighted by molar-refractivity contribution is 0.916. The van der Waals surface area contributed by atoms with E-state index in [1.54, 1.807) is 5.57 Å². The standard InChI is InChI=1S/C56H47N/c1-4-39-19-7-6-10-25-47(39)50-35-44-31-30-41-32-33-45(36-51(41)56(44)54(38(50)3)46-24-13-11-18-37(46)2)57(52-28-16-15-26-48(52)40-20-8-5-9-21-40)53-29-17-23-43-34-42-22-12-14-27-49(42)55(43)53/h5-6,8-18,20-24,26-33,35-36H,4,7,19,25,34H2,1-3H3. The zero-order valence-electron chi connectivity index (χ0n) is 33.1. The fraction of sp³-hybridized carbons (Fsp3) is 0.143. The predicted octanol–water partition coefficient (Wildman–Crippen LogP) is 15.9. The largest absolute Gasteiger partial charge is 0.309 e. The third kappa shape index (κ3) is 6.01. The van der Waals surface area contributed by atoms with Gasteiger partial charge in [-0.3, -0.25) is 0 Å². The number of nitrogens with zero attached hydrogens (tertiary/aromatic N) is 1. The van der Waals surface area contributed by atoms with Crippen LogP contribution in [0.25, 0.3) is 60.5 Å². The van der Waals surface area contributed by atoms with E-state index in [0.29, 0.717) is 0 Å². The number of hydrogen-bond donors (Lipinski definition) is 0. The molecule has 0 saturated heterocycles. The summed E-state index contributed by atoms with van der Waals surface area (Å²) >= 11 is 0. The topological polar surface area (TPSA) is 3.24 Å². The Hall–Kier alpha value is -6.44. The predicted molar refractivity (Wildman–Crippen MR) is 245 cm³/mol. The molecular formula is C56H47N. The highest BCUT2D eigenvalue weighted by Gasteiger charge is 2.27. The van der Waals surface area contributed by atoms with E-state index in [9.17, 15) is 0 Å². The SMILES string of the molecule is CCC1=C(c2cc3ccc4ccc(N(c5ccccc5-c5ccccc5)c5cccc6c5-c5ccccc5C6)cc4c3c(-c3ccccc3C)c2C)CC=CCC1. The van der Waals surface area contributed by atoms with Gasteiger partial charge in [0.25, 0.3) is 0 Å². The van der Waals surface area contributed by atoms with Crippen LogP contribution >= 0.6 is 0 Å². The van der Waals surface area contributed by atoms with Gasteiger partial charge in [0.1, 0.15) is 0 Å². The van der Waals surface area contributed by atoms with Gasteiger partial charge in [0.05, 0.1) is 11.4 Å². The molecule has 8 aromatic carbocycles. The maximum atomic E-state index is 2.53. The third-order valence-electron chi connectivity index (χ3n) is 12.6. The molecule has 1 nitrogen and oxygen atoms in total. The number of anilines is 3. The monoisotopic (exact) mass is 733 g/mol. The van der Waals surface area contributed by atoms with Gasteiger partial charge in [0.15, 0.2) is 0 Å². The summed E-state index contributed by atoms with van der Waals surface area (Å²) in [5, 5.41) is 5.14. The van der Waals surface area contributed by atoms with E-state index < -0.39 is 0 Å². The summed E-state index contributed by atoms with van der Waals surface area (Å²) in [6.45, 7) is 6.98. The van der Waals surface area contributed by atoms with Crippen LogP contribution in [0.2, 0.25) is 0 Å². The molecule has 57 heavy (non-hydrogen) atoms. The second-order valence-electron chi connectivity index (χ2n) is 15.8. The molecule has 0 spiro atoms. The summed E-state index contributed by atoms with van der Waals surface area (Å²) in [6.07, 6.45) is 10.0. The minimum atomic E-state index is 0.948. The minimum Gasteiger partial charge on any atom is -0.309 e. The van der Waals surface area contributed by atoms with Crippen molar-refractivity contribution in [3.05, 3.63) is 203 Å². The van der Waals surface area contributed by atoms with Crippen molar-refractivity contribution in [3.8, 4) is 33.4 Å². The molecule has 2 aliphatic carbocycles. The number of benzene rings is 8. The fourth-order valence-electron chi connectivity index (χ4n) is 9.81. The van der Waals surface area contributed by atoms with Crippen LogP contribution in [0.4, 0.5) is 17.1 Å². The lowest BCUT2D eigenvalue weighted by Gasteiger charge is -2.30. The lowest BCUT2D eigenvalue weighted by atomic mass is 9.82. The average molecular weight is 734 g/mol. The highest BCUT2D eigenvalue weighted by Crippen LogP contribution is 2.50. The van der Waals surface area contributed by atoms with Gasteiger partial charge < -0.3 is 4.90 Å². The highest BCUT2D eigenvalue weighted by molar-refractivity contribution is 6.17. The lowest BCUT2D eigenvalue weighted by Crippen LogP contribution is -2.12. The molecule has 10 rings (SSSR count). The van der Waals surface area contributed by atoms with Gasteiger partial charge in [0, 0.05) is 16.8 Å². The number of allylic oxidation sites excluding steroid dienone is 4. The van der Waals surface area contributed by atoms with Crippen LogP contribution in [0.15, 0.2) is 175 Å². The highest BCUT2D eigenvalue weighted by atomic mass is 15.1. The summed E-state index contributed by atoms with van der Waals surface area (Å²) in [5.74, 6) is 0. The normalized spacial score (nSPS) is 13.5. The molecule has 0 bridgehead atoms. The van der Waals surface area contributed by atoms with E-state index >= 15 is 0 Å². The van der Waals surface area contributed by atoms with Crippen molar-refractivity contribution in [1.82, 2.24) is 0 Å². The number of hydrogen-bond acceptors (Lipinski definition) is 1. The van der Waals surface area contributed by atoms with Crippen molar-refractivity contribution in [1.29, 1.82) is 0 Å². The van der Waals surface area contributed by atoms with Crippen LogP contribution in [0.1, 0.15) is 60.4 Å². The molecule has 2 aliphatic rings. The molecule has 8 aromatic rings. The maximum absolute atomic E-state index is 2.53. The molecule has 0 fully saturated rings. The fourth-order valence-corrected chi connectivity index (χ4v) is 9.81. The Labute approximate surface area is 337 Å². The van der Waals surface area contributed by atoms with Crippen LogP contribution in [0.3, 0.4) is 0 Å². The van der Waals surface area contributed by atoms with Gasteiger partial charge in [-0.2, -0.15) is 0 Å². The summed E-state index contributed by atoms with van der Waals surface area (Å²) in [4.78, 5) is 2.53. The van der Waals surface area contributed by atoms with E-state index in [1.165, 1.54) is 99.7 Å². The van der Waals surface area contributed by atoms with Crippen LogP contribution in [0, 0.1) is 13.8 Å². The van der Waals surface area contributed by atoms with Crippen molar-refractivity contribution in [3.63, 3.8) is 0 Å². The zero-order chi connectivity index (χ0) is 38.5. The smallest absolute Gasteiger partial charge is 0.0543 e. The van der Waals surface area contributed by atoms with Crippen LogP contribution in [-0.4, -0.2) is 0 Å². The molecule has 0 atom stereocenters. The number of rotatable bonds is 7. The van der Waals surface area contributed by atoms with Crippen LogP contribution in [0.5, 0.6) is 0 Å². The molecular weight excluding hydrogens is 687 g/mol. The molecule has 0 amide bonds. The van der Waals surface area contributed by atoms with E-state index in [1.807, 2.05) is 0 Å². The van der Waals surface area contributed by atoms with Gasteiger partial charge in [-0.1, -0.05) is 152 Å². The Balaban J connectivity index is 1.29. The van der Waals surface area contributed by atoms with Crippen LogP contribution < -0.4 is 4.90 Å². The van der Waals surface area contributed by atoms with E-state index in [0.717, 1.165) is 37.8 Å². The van der Waals surface area contributed by atoms with Crippen molar-refractivity contribution in [2.75, 3.05) is 4.90 Å². The molecule has 0 heterocycles. The maximum Gasteiger partial charge on any atom is 0.0543 e. The average Bonchev–Trinajstić information content (AvgIpc) is 3.48. The first kappa shape index (κ1) is 35.0. The second-order valence-corrected chi connectivity index (χ2v) is 15.8. The van der Waals surface area contributed by atoms with Crippen molar-refractivity contribution in [2.45, 2.75) is 52.9 Å². The first-order valence-electron chi connectivity index (χ1n) is 20.7. The molecule has 0 unspecified atom stereocenters. The molecule has 0 N–H and O–H groups in total. The van der Waals surface area contributed by atoms with Gasteiger partial charge in [-0.05, 0) is 153 Å². The van der Waals surface area contributed by atoms with E-state index in [-0.39, 0.29) is 0 Å². The van der Waals surface area contributed by atoms with Crippen molar-refractivity contribution < 1.29 is 0 Å². The molecule has 0 aromatic heterocycles. The number of para-hydroxylation sites is 1. The molecule has 276 valence electrons. The van der Waals surface area contributed by atoms with E-state index in [4.69, 9.17) is 0 Å². The summed E-state index contributed by atoms with van der Waals surface area (Å²) in [5.41, 5.74) is 21.2. The van der Waals surface area contributed by atoms with Crippen LogP contribution in [-0.2, 0) is 6.42 Å². The van der Waals surface area contributed by atoms with Gasteiger partial charge in [-0.25, -0.2) is 0 Å². The summed E-state index contributed by atoms with van der Waals surface area (Å²) < 4.78 is 0. The van der Waals surface area contributed by atoms with Gasteiger partial charge >= 0.3 is 0 Å². The Kier molecular flexibility index (Phi) is 8.95. The number of fused-ring (bicyclic) bond motifs is 6. The summed E-state index contributed by atoms with van der Waals surface area (Å²) in [7, 11) is 0. The Bertz CT molecular complexity index is 2910. The second kappa shape index (κ2) is 14.6. The van der Waals surface area contributed by atoms with Crippen molar-refractivity contribution >= 4 is 44.2 Å². The minimum absolute atomic E-state index is 0.948. The first-order valence-corrected chi connectivity index (χ1v) is 20.7. The zero-order valence-corrected chi connectivity index (χ0v) is 33.1. The Morgan fingerprint density at radius 2 is 1.25 bits per heavy atom. The Morgan fingerprint density at radius 1 is 0.544 bits per heavy atom.